The van der Waals surface area contributed by atoms with E-state index < -0.39 is 6.04 Å². The molecule has 6 nitrogen and oxygen atoms in total. The number of hydrogen-bond donors (Lipinski definition) is 2. The van der Waals surface area contributed by atoms with Gasteiger partial charge in [-0.15, -0.1) is 11.8 Å². The molecule has 1 fully saturated rings. The van der Waals surface area contributed by atoms with Crippen molar-refractivity contribution < 1.29 is 4.79 Å². The number of aromatic nitrogens is 1. The predicted molar refractivity (Wildman–Crippen MR) is 88.3 cm³/mol. The van der Waals surface area contributed by atoms with Crippen LogP contribution in [0.5, 0.6) is 0 Å². The van der Waals surface area contributed by atoms with Gasteiger partial charge in [0.25, 0.3) is 0 Å². The molecule has 0 bridgehead atoms. The number of unbranched alkanes of at least 4 members (excludes halogenated alkanes) is 1. The molecule has 1 atom stereocenters. The Labute approximate surface area is 135 Å². The van der Waals surface area contributed by atoms with Gasteiger partial charge in [0.2, 0.25) is 5.91 Å². The van der Waals surface area contributed by atoms with E-state index in [0.717, 1.165) is 31.0 Å². The van der Waals surface area contributed by atoms with E-state index in [4.69, 9.17) is 11.0 Å². The SMILES string of the molecule is N#Cc1cccnc1NCCCC[C@H](N)C(=O)N1CCSC1. The molecule has 1 aromatic heterocycles. The lowest BCUT2D eigenvalue weighted by molar-refractivity contribution is -0.131. The fourth-order valence-corrected chi connectivity index (χ4v) is 3.23. The highest BCUT2D eigenvalue weighted by Gasteiger charge is 2.23. The average Bonchev–Trinajstić information content (AvgIpc) is 3.08. The molecule has 1 aliphatic rings. The summed E-state index contributed by atoms with van der Waals surface area (Å²) in [7, 11) is 0. The topological polar surface area (TPSA) is 95.0 Å². The molecule has 3 N–H and O–H groups in total. The van der Waals surface area contributed by atoms with Crippen LogP contribution in [0.25, 0.3) is 0 Å². The van der Waals surface area contributed by atoms with Crippen molar-refractivity contribution in [2.75, 3.05) is 30.0 Å². The second-order valence-corrected chi connectivity index (χ2v) is 6.25. The van der Waals surface area contributed by atoms with Crippen molar-refractivity contribution in [2.24, 2.45) is 5.73 Å². The molecular weight excluding hydrogens is 298 g/mol. The summed E-state index contributed by atoms with van der Waals surface area (Å²) < 4.78 is 0. The maximum Gasteiger partial charge on any atom is 0.240 e. The molecule has 118 valence electrons. The number of carbonyl (C=O) groups excluding carboxylic acids is 1. The van der Waals surface area contributed by atoms with E-state index in [1.54, 1.807) is 30.1 Å². The molecule has 1 saturated heterocycles. The van der Waals surface area contributed by atoms with Crippen LogP contribution in [0, 0.1) is 11.3 Å². The molecule has 2 heterocycles. The molecule has 7 heteroatoms. The highest BCUT2D eigenvalue weighted by molar-refractivity contribution is 7.99. The summed E-state index contributed by atoms with van der Waals surface area (Å²) in [6, 6.07) is 5.18. The molecular formula is C15H21N5OS. The Balaban J connectivity index is 1.64. The first kappa shape index (κ1) is 16.6. The average molecular weight is 319 g/mol. The summed E-state index contributed by atoms with van der Waals surface area (Å²) in [6.45, 7) is 1.53. The number of pyridine rings is 1. The van der Waals surface area contributed by atoms with Gasteiger partial charge in [-0.2, -0.15) is 5.26 Å². The van der Waals surface area contributed by atoms with Gasteiger partial charge in [-0.25, -0.2) is 4.98 Å². The first-order chi connectivity index (χ1) is 10.7. The lowest BCUT2D eigenvalue weighted by Gasteiger charge is -2.19. The first-order valence-electron chi connectivity index (χ1n) is 7.43. The zero-order chi connectivity index (χ0) is 15.8. The lowest BCUT2D eigenvalue weighted by Crippen LogP contribution is -2.42. The van der Waals surface area contributed by atoms with Gasteiger partial charge in [-0.1, -0.05) is 0 Å². The van der Waals surface area contributed by atoms with Crippen LogP contribution in [-0.2, 0) is 4.79 Å². The number of carbonyl (C=O) groups is 1. The third-order valence-corrected chi connectivity index (χ3v) is 4.51. The second-order valence-electron chi connectivity index (χ2n) is 5.18. The number of amides is 1. The summed E-state index contributed by atoms with van der Waals surface area (Å²) in [5.41, 5.74) is 6.50. The molecule has 1 amide bonds. The molecule has 0 spiro atoms. The smallest absolute Gasteiger partial charge is 0.240 e. The number of rotatable bonds is 7. The summed E-state index contributed by atoms with van der Waals surface area (Å²) in [5.74, 6) is 2.45. The number of nitrogens with one attached hydrogen (secondary N) is 1. The van der Waals surface area contributed by atoms with Crippen molar-refractivity contribution in [1.82, 2.24) is 9.88 Å². The molecule has 2 rings (SSSR count). The van der Waals surface area contributed by atoms with Gasteiger partial charge >= 0.3 is 0 Å². The Morgan fingerprint density at radius 3 is 3.18 bits per heavy atom. The molecule has 1 aliphatic heterocycles. The predicted octanol–water partition coefficient (Wildman–Crippen LogP) is 1.40. The highest BCUT2D eigenvalue weighted by atomic mass is 32.2. The van der Waals surface area contributed by atoms with Crippen molar-refractivity contribution in [3.63, 3.8) is 0 Å². The molecule has 1 aromatic rings. The van der Waals surface area contributed by atoms with E-state index in [1.165, 1.54) is 0 Å². The van der Waals surface area contributed by atoms with E-state index in [0.29, 0.717) is 24.3 Å². The second kappa shape index (κ2) is 8.61. The Morgan fingerprint density at radius 1 is 1.59 bits per heavy atom. The van der Waals surface area contributed by atoms with Crippen molar-refractivity contribution in [3.05, 3.63) is 23.9 Å². The number of nitriles is 1. The Hall–Kier alpha value is -1.78. The van der Waals surface area contributed by atoms with E-state index >= 15 is 0 Å². The molecule has 22 heavy (non-hydrogen) atoms. The van der Waals surface area contributed by atoms with Gasteiger partial charge in [0.15, 0.2) is 0 Å². The molecule has 0 radical (unpaired) electrons. The van der Waals surface area contributed by atoms with Crippen LogP contribution in [-0.4, -0.2) is 46.6 Å². The zero-order valence-corrected chi connectivity index (χ0v) is 13.3. The number of thioether (sulfide) groups is 1. The fourth-order valence-electron chi connectivity index (χ4n) is 2.28. The van der Waals surface area contributed by atoms with Crippen molar-refractivity contribution in [3.8, 4) is 6.07 Å². The highest BCUT2D eigenvalue weighted by Crippen LogP contribution is 2.15. The summed E-state index contributed by atoms with van der Waals surface area (Å²) >= 11 is 1.77. The van der Waals surface area contributed by atoms with Crippen LogP contribution in [0.1, 0.15) is 24.8 Å². The molecule has 0 unspecified atom stereocenters. The quantitative estimate of drug-likeness (QED) is 0.738. The minimum atomic E-state index is -0.400. The summed E-state index contributed by atoms with van der Waals surface area (Å²) in [5, 5.41) is 12.1. The normalized spacial score (nSPS) is 15.4. The maximum absolute atomic E-state index is 12.0. The Bertz CT molecular complexity index is 539. The third-order valence-electron chi connectivity index (χ3n) is 3.54. The third kappa shape index (κ3) is 4.61. The van der Waals surface area contributed by atoms with Gasteiger partial charge in [-0.05, 0) is 31.4 Å². The Morgan fingerprint density at radius 2 is 2.45 bits per heavy atom. The van der Waals surface area contributed by atoms with Crippen molar-refractivity contribution in [2.45, 2.75) is 25.3 Å². The van der Waals surface area contributed by atoms with Crippen LogP contribution in [0.4, 0.5) is 5.82 Å². The zero-order valence-electron chi connectivity index (χ0n) is 12.5. The van der Waals surface area contributed by atoms with Gasteiger partial charge in [0.05, 0.1) is 17.5 Å². The molecule has 0 aliphatic carbocycles. The van der Waals surface area contributed by atoms with Crippen molar-refractivity contribution in [1.29, 1.82) is 5.26 Å². The monoisotopic (exact) mass is 319 g/mol. The van der Waals surface area contributed by atoms with Crippen LogP contribution < -0.4 is 11.1 Å². The van der Waals surface area contributed by atoms with Crippen LogP contribution >= 0.6 is 11.8 Å². The molecule has 0 aromatic carbocycles. The van der Waals surface area contributed by atoms with Crippen LogP contribution in [0.3, 0.4) is 0 Å². The van der Waals surface area contributed by atoms with Gasteiger partial charge in [0, 0.05) is 25.0 Å². The minimum absolute atomic E-state index is 0.0643. The van der Waals surface area contributed by atoms with E-state index in [2.05, 4.69) is 16.4 Å². The Kier molecular flexibility index (Phi) is 6.49. The lowest BCUT2D eigenvalue weighted by atomic mass is 10.1. The van der Waals surface area contributed by atoms with Gasteiger partial charge in [0.1, 0.15) is 11.9 Å². The largest absolute Gasteiger partial charge is 0.369 e. The molecule has 0 saturated carbocycles. The van der Waals surface area contributed by atoms with Gasteiger partial charge in [-0.3, -0.25) is 4.79 Å². The summed E-state index contributed by atoms with van der Waals surface area (Å²) in [4.78, 5) is 18.0. The minimum Gasteiger partial charge on any atom is -0.369 e. The van der Waals surface area contributed by atoms with E-state index in [9.17, 15) is 4.79 Å². The maximum atomic E-state index is 12.0. The van der Waals surface area contributed by atoms with Gasteiger partial charge < -0.3 is 16.0 Å². The number of nitrogens with two attached hydrogens (primary N) is 1. The van der Waals surface area contributed by atoms with Crippen molar-refractivity contribution >= 4 is 23.5 Å². The van der Waals surface area contributed by atoms with E-state index in [-0.39, 0.29) is 5.91 Å². The fraction of sp³-hybridized carbons (Fsp3) is 0.533. The number of anilines is 1. The standard InChI is InChI=1S/C15H21N5OS/c16-10-12-4-3-7-19-14(12)18-6-2-1-5-13(17)15(21)20-8-9-22-11-20/h3-4,7,13H,1-2,5-6,8-9,11,17H2,(H,18,19)/t13-/m0/s1. The number of hydrogen-bond acceptors (Lipinski definition) is 6. The first-order valence-corrected chi connectivity index (χ1v) is 8.59. The summed E-state index contributed by atoms with van der Waals surface area (Å²) in [6.07, 6.45) is 4.10. The number of nitrogens with zero attached hydrogens (tertiary/aromatic N) is 3. The van der Waals surface area contributed by atoms with Crippen LogP contribution in [0.15, 0.2) is 18.3 Å². The van der Waals surface area contributed by atoms with E-state index in [1.807, 2.05) is 4.90 Å². The van der Waals surface area contributed by atoms with Crippen LogP contribution in [0.2, 0.25) is 0 Å².